The Hall–Kier alpha value is -2.39. The average molecular weight is 441 g/mol. The second-order valence-corrected chi connectivity index (χ2v) is 9.25. The minimum Gasteiger partial charge on any atom is -0.426 e. The van der Waals surface area contributed by atoms with Gasteiger partial charge in [-0.1, -0.05) is 18.2 Å². The molecule has 30 heavy (non-hydrogen) atoms. The average Bonchev–Trinajstić information content (AvgIpc) is 2.70. The molecule has 0 aromatic heterocycles. The third kappa shape index (κ3) is 4.67. The van der Waals surface area contributed by atoms with Crippen LogP contribution >= 0.6 is 0 Å². The number of nitrogens with zero attached hydrogens (tertiary/aromatic N) is 1. The van der Waals surface area contributed by atoms with Gasteiger partial charge >= 0.3 is 12.1 Å². The lowest BCUT2D eigenvalue weighted by Gasteiger charge is -2.30. The Morgan fingerprint density at radius 3 is 2.27 bits per heavy atom. The van der Waals surface area contributed by atoms with Gasteiger partial charge in [0.2, 0.25) is 10.0 Å². The summed E-state index contributed by atoms with van der Waals surface area (Å²) < 4.78 is 71.7. The molecule has 0 radical (unpaired) electrons. The molecule has 1 aliphatic rings. The van der Waals surface area contributed by atoms with Gasteiger partial charge in [0.1, 0.15) is 5.75 Å². The monoisotopic (exact) mass is 441 g/mol. The maximum atomic E-state index is 13.2. The minimum atomic E-state index is -4.78. The number of ether oxygens (including phenoxy) is 1. The molecule has 0 saturated carbocycles. The number of piperidine rings is 1. The first-order valence-corrected chi connectivity index (χ1v) is 10.9. The van der Waals surface area contributed by atoms with E-state index in [0.29, 0.717) is 5.75 Å². The minimum absolute atomic E-state index is 0.0543. The van der Waals surface area contributed by atoms with E-state index in [9.17, 15) is 26.4 Å². The van der Waals surface area contributed by atoms with Crippen LogP contribution in [0.1, 0.15) is 29.5 Å². The van der Waals surface area contributed by atoms with Crippen LogP contribution in [-0.4, -0.2) is 31.8 Å². The van der Waals surface area contributed by atoms with E-state index >= 15 is 0 Å². The van der Waals surface area contributed by atoms with Crippen LogP contribution in [0.3, 0.4) is 0 Å². The van der Waals surface area contributed by atoms with Crippen molar-refractivity contribution in [3.8, 4) is 5.75 Å². The number of alkyl halides is 3. The van der Waals surface area contributed by atoms with Crippen molar-refractivity contribution in [2.45, 2.75) is 37.8 Å². The highest BCUT2D eigenvalue weighted by atomic mass is 32.2. The molecule has 0 aliphatic carbocycles. The summed E-state index contributed by atoms with van der Waals surface area (Å²) in [4.78, 5) is 11.7. The zero-order valence-corrected chi connectivity index (χ0v) is 17.4. The van der Waals surface area contributed by atoms with Gasteiger partial charge in [-0.3, -0.25) is 4.79 Å². The Morgan fingerprint density at radius 1 is 1.03 bits per heavy atom. The van der Waals surface area contributed by atoms with Crippen molar-refractivity contribution < 1.29 is 31.1 Å². The molecule has 5 nitrogen and oxygen atoms in total. The molecule has 2 aromatic carbocycles. The largest absolute Gasteiger partial charge is 0.426 e. The number of rotatable bonds is 4. The maximum Gasteiger partial charge on any atom is 0.417 e. The van der Waals surface area contributed by atoms with Gasteiger partial charge in [-0.2, -0.15) is 17.5 Å². The zero-order valence-electron chi connectivity index (χ0n) is 16.6. The highest BCUT2D eigenvalue weighted by Gasteiger charge is 2.40. The van der Waals surface area contributed by atoms with Crippen molar-refractivity contribution in [2.75, 3.05) is 13.1 Å². The fourth-order valence-corrected chi connectivity index (χ4v) is 5.06. The van der Waals surface area contributed by atoms with E-state index < -0.39 is 38.5 Å². The number of sulfonamides is 1. The van der Waals surface area contributed by atoms with Crippen molar-refractivity contribution in [1.29, 1.82) is 0 Å². The number of hydrogen-bond acceptors (Lipinski definition) is 4. The fourth-order valence-electron chi connectivity index (χ4n) is 3.37. The number of halogens is 3. The molecule has 3 rings (SSSR count). The summed E-state index contributed by atoms with van der Waals surface area (Å²) in [5, 5.41) is 0. The van der Waals surface area contributed by atoms with Gasteiger partial charge in [0.05, 0.1) is 16.4 Å². The molecule has 9 heteroatoms. The summed E-state index contributed by atoms with van der Waals surface area (Å²) in [5.41, 5.74) is 0.846. The summed E-state index contributed by atoms with van der Waals surface area (Å²) in [6, 6.07) is 9.39. The standard InChI is InChI=1S/C21H22F3NO4S/c1-14-7-8-17(13-15(14)2)29-20(26)16-9-11-25(12-10-16)30(27,28)19-6-4-3-5-18(19)21(22,23)24/h3-8,13,16H,9-12H2,1-2H3. The van der Waals surface area contributed by atoms with Gasteiger partial charge in [0.15, 0.2) is 0 Å². The van der Waals surface area contributed by atoms with E-state index in [2.05, 4.69) is 0 Å². The van der Waals surface area contributed by atoms with Crippen molar-refractivity contribution in [1.82, 2.24) is 4.31 Å². The predicted octanol–water partition coefficient (Wildman–Crippen LogP) is 4.33. The topological polar surface area (TPSA) is 63.7 Å². The van der Waals surface area contributed by atoms with Crippen molar-refractivity contribution in [3.63, 3.8) is 0 Å². The molecule has 1 fully saturated rings. The Bertz CT molecular complexity index is 1040. The highest BCUT2D eigenvalue weighted by Crippen LogP contribution is 2.36. The molecule has 2 aromatic rings. The number of carbonyl (C=O) groups is 1. The molecule has 0 N–H and O–H groups in total. The van der Waals surface area contributed by atoms with Gasteiger partial charge < -0.3 is 4.74 Å². The molecule has 162 valence electrons. The number of carbonyl (C=O) groups excluding carboxylic acids is 1. The Labute approximate surface area is 173 Å². The number of aryl methyl sites for hydroxylation is 2. The van der Waals surface area contributed by atoms with E-state index in [1.54, 1.807) is 12.1 Å². The molecule has 0 spiro atoms. The third-order valence-corrected chi connectivity index (χ3v) is 7.25. The molecule has 1 aliphatic heterocycles. The van der Waals surface area contributed by atoms with Gasteiger partial charge in [0, 0.05) is 13.1 Å². The molecule has 0 unspecified atom stereocenters. The smallest absolute Gasteiger partial charge is 0.417 e. The van der Waals surface area contributed by atoms with E-state index in [0.717, 1.165) is 33.6 Å². The Morgan fingerprint density at radius 2 is 1.67 bits per heavy atom. The molecule has 1 heterocycles. The quantitative estimate of drug-likeness (QED) is 0.523. The van der Waals surface area contributed by atoms with Gasteiger partial charge in [0.25, 0.3) is 0 Å². The van der Waals surface area contributed by atoms with Crippen LogP contribution < -0.4 is 4.74 Å². The van der Waals surface area contributed by atoms with Crippen LogP contribution in [0.25, 0.3) is 0 Å². The lowest BCUT2D eigenvalue weighted by Crippen LogP contribution is -2.41. The van der Waals surface area contributed by atoms with E-state index in [4.69, 9.17) is 4.74 Å². The molecule has 0 bridgehead atoms. The zero-order chi connectivity index (χ0) is 22.1. The van der Waals surface area contributed by atoms with Crippen molar-refractivity contribution >= 4 is 16.0 Å². The second-order valence-electron chi connectivity index (χ2n) is 7.34. The normalized spacial score (nSPS) is 16.4. The van der Waals surface area contributed by atoms with Gasteiger partial charge in [-0.05, 0) is 62.1 Å². The SMILES string of the molecule is Cc1ccc(OC(=O)C2CCN(S(=O)(=O)c3ccccc3C(F)(F)F)CC2)cc1C. The summed E-state index contributed by atoms with van der Waals surface area (Å²) >= 11 is 0. The summed E-state index contributed by atoms with van der Waals surface area (Å²) in [6.07, 6.45) is -4.42. The predicted molar refractivity (Wildman–Crippen MR) is 104 cm³/mol. The Balaban J connectivity index is 1.69. The summed E-state index contributed by atoms with van der Waals surface area (Å²) in [5.74, 6) is -0.570. The molecule has 0 atom stereocenters. The van der Waals surface area contributed by atoms with Gasteiger partial charge in [-0.25, -0.2) is 8.42 Å². The Kier molecular flexibility index (Phi) is 6.24. The molecule has 0 amide bonds. The number of benzene rings is 2. The van der Waals surface area contributed by atoms with E-state index in [-0.39, 0.29) is 25.9 Å². The van der Waals surface area contributed by atoms with Crippen LogP contribution in [0.15, 0.2) is 47.4 Å². The van der Waals surface area contributed by atoms with Crippen molar-refractivity contribution in [2.24, 2.45) is 5.92 Å². The summed E-state index contributed by atoms with van der Waals surface area (Å²) in [6.45, 7) is 3.73. The lowest BCUT2D eigenvalue weighted by molar-refractivity contribution is -0.140. The summed E-state index contributed by atoms with van der Waals surface area (Å²) in [7, 11) is -4.33. The molecule has 1 saturated heterocycles. The van der Waals surface area contributed by atoms with Crippen molar-refractivity contribution in [3.05, 3.63) is 59.2 Å². The first kappa shape index (κ1) is 22.3. The van der Waals surface area contributed by atoms with Gasteiger partial charge in [-0.15, -0.1) is 0 Å². The first-order chi connectivity index (χ1) is 14.0. The van der Waals surface area contributed by atoms with Crippen LogP contribution in [0.5, 0.6) is 5.75 Å². The highest BCUT2D eigenvalue weighted by molar-refractivity contribution is 7.89. The molecular formula is C21H22F3NO4S. The lowest BCUT2D eigenvalue weighted by atomic mass is 9.98. The van der Waals surface area contributed by atoms with Crippen LogP contribution in [0, 0.1) is 19.8 Å². The van der Waals surface area contributed by atoms with Crippen LogP contribution in [0.2, 0.25) is 0 Å². The van der Waals surface area contributed by atoms with Crippen LogP contribution in [-0.2, 0) is 21.0 Å². The van der Waals surface area contributed by atoms with Crippen LogP contribution in [0.4, 0.5) is 13.2 Å². The van der Waals surface area contributed by atoms with E-state index in [1.807, 2.05) is 19.9 Å². The second kappa shape index (κ2) is 8.39. The maximum absolute atomic E-state index is 13.2. The fraction of sp³-hybridized carbons (Fsp3) is 0.381. The third-order valence-electron chi connectivity index (χ3n) is 5.29. The first-order valence-electron chi connectivity index (χ1n) is 9.45. The number of hydrogen-bond donors (Lipinski definition) is 0. The van der Waals surface area contributed by atoms with E-state index in [1.165, 1.54) is 6.07 Å². The number of esters is 1. The molecular weight excluding hydrogens is 419 g/mol.